The van der Waals surface area contributed by atoms with E-state index in [9.17, 15) is 0 Å². The molecular formula is C22H24N4O3. The van der Waals surface area contributed by atoms with Crippen molar-refractivity contribution in [3.8, 4) is 22.6 Å². The van der Waals surface area contributed by atoms with E-state index in [-0.39, 0.29) is 11.7 Å². The smallest absolute Gasteiger partial charge is 0.140 e. The minimum absolute atomic E-state index is 0.0134. The Hall–Kier alpha value is -3.42. The number of ether oxygens (including phenoxy) is 2. The molecule has 1 aromatic heterocycles. The van der Waals surface area contributed by atoms with Gasteiger partial charge in [-0.3, -0.25) is 10.8 Å². The van der Waals surface area contributed by atoms with Gasteiger partial charge in [0.15, 0.2) is 0 Å². The van der Waals surface area contributed by atoms with Crippen molar-refractivity contribution >= 4 is 11.7 Å². The van der Waals surface area contributed by atoms with Crippen molar-refractivity contribution in [2.75, 3.05) is 14.2 Å². The SMILES string of the molecule is COCc1c(-c2ccc(C(=N)N)cc2)oc(-c2ccc(C(=N)N)cc2)c1COC. The van der Waals surface area contributed by atoms with Gasteiger partial charge in [0.25, 0.3) is 0 Å². The van der Waals surface area contributed by atoms with E-state index in [0.29, 0.717) is 35.9 Å². The summed E-state index contributed by atoms with van der Waals surface area (Å²) in [5.41, 5.74) is 15.9. The van der Waals surface area contributed by atoms with Gasteiger partial charge in [0, 0.05) is 47.6 Å². The first kappa shape index (κ1) is 20.3. The fourth-order valence-electron chi connectivity index (χ4n) is 3.16. The molecule has 3 rings (SSSR count). The zero-order chi connectivity index (χ0) is 21.0. The van der Waals surface area contributed by atoms with Crippen molar-refractivity contribution < 1.29 is 13.9 Å². The van der Waals surface area contributed by atoms with Crippen LogP contribution in [-0.2, 0) is 22.7 Å². The number of nitrogen functional groups attached to an aromatic ring is 2. The average Bonchev–Trinajstić information content (AvgIpc) is 3.07. The Labute approximate surface area is 169 Å². The third kappa shape index (κ3) is 4.21. The number of hydrogen-bond donors (Lipinski definition) is 4. The zero-order valence-corrected chi connectivity index (χ0v) is 16.4. The molecule has 0 saturated heterocycles. The Morgan fingerprint density at radius 1 is 0.724 bits per heavy atom. The minimum atomic E-state index is 0.0134. The summed E-state index contributed by atoms with van der Waals surface area (Å²) in [6.45, 7) is 0.717. The normalized spacial score (nSPS) is 10.8. The van der Waals surface area contributed by atoms with Gasteiger partial charge in [0.2, 0.25) is 0 Å². The first-order valence-corrected chi connectivity index (χ1v) is 8.98. The van der Waals surface area contributed by atoms with Gasteiger partial charge in [-0.15, -0.1) is 0 Å². The lowest BCUT2D eigenvalue weighted by Gasteiger charge is -2.06. The maximum atomic E-state index is 7.57. The van der Waals surface area contributed by atoms with Gasteiger partial charge in [-0.25, -0.2) is 0 Å². The molecular weight excluding hydrogens is 368 g/mol. The number of amidine groups is 2. The Morgan fingerprint density at radius 3 is 1.34 bits per heavy atom. The molecule has 0 aliphatic carbocycles. The number of methoxy groups -OCH3 is 2. The zero-order valence-electron chi connectivity index (χ0n) is 16.4. The van der Waals surface area contributed by atoms with Crippen LogP contribution >= 0.6 is 0 Å². The summed E-state index contributed by atoms with van der Waals surface area (Å²) in [5.74, 6) is 1.39. The monoisotopic (exact) mass is 392 g/mol. The van der Waals surface area contributed by atoms with Crippen LogP contribution in [0.2, 0.25) is 0 Å². The largest absolute Gasteiger partial charge is 0.455 e. The first-order valence-electron chi connectivity index (χ1n) is 8.98. The molecule has 1 heterocycles. The van der Waals surface area contributed by atoms with Crippen LogP contribution in [0, 0.1) is 10.8 Å². The molecule has 2 aromatic carbocycles. The molecule has 7 nitrogen and oxygen atoms in total. The molecule has 0 atom stereocenters. The number of hydrogen-bond acceptors (Lipinski definition) is 5. The minimum Gasteiger partial charge on any atom is -0.455 e. The van der Waals surface area contributed by atoms with Crippen LogP contribution in [0.15, 0.2) is 52.9 Å². The van der Waals surface area contributed by atoms with Crippen LogP contribution in [0.25, 0.3) is 22.6 Å². The molecule has 0 radical (unpaired) electrons. The standard InChI is InChI=1S/C22H24N4O3/c1-27-11-17-18(12-28-2)20(14-5-9-16(10-6-14)22(25)26)29-19(17)13-3-7-15(8-4-13)21(23)24/h3-10H,11-12H2,1-2H3,(H3,23,24)(H3,25,26). The van der Waals surface area contributed by atoms with Gasteiger partial charge >= 0.3 is 0 Å². The summed E-state index contributed by atoms with van der Waals surface area (Å²) in [5, 5.41) is 15.1. The van der Waals surface area contributed by atoms with E-state index in [4.69, 9.17) is 36.2 Å². The second-order valence-corrected chi connectivity index (χ2v) is 6.57. The van der Waals surface area contributed by atoms with Gasteiger partial charge < -0.3 is 25.4 Å². The van der Waals surface area contributed by atoms with Crippen LogP contribution < -0.4 is 11.5 Å². The number of nitrogens with one attached hydrogen (secondary N) is 2. The highest BCUT2D eigenvalue weighted by molar-refractivity contribution is 5.96. The fourth-order valence-corrected chi connectivity index (χ4v) is 3.16. The van der Waals surface area contributed by atoms with Crippen LogP contribution in [0.4, 0.5) is 0 Å². The van der Waals surface area contributed by atoms with Crippen molar-refractivity contribution in [3.63, 3.8) is 0 Å². The molecule has 7 heteroatoms. The predicted molar refractivity (Wildman–Crippen MR) is 113 cm³/mol. The molecule has 0 aliphatic rings. The maximum Gasteiger partial charge on any atom is 0.140 e. The summed E-state index contributed by atoms with van der Waals surface area (Å²) in [6.07, 6.45) is 0. The Morgan fingerprint density at radius 2 is 1.07 bits per heavy atom. The molecule has 0 amide bonds. The van der Waals surface area contributed by atoms with Crippen molar-refractivity contribution in [1.29, 1.82) is 10.8 Å². The lowest BCUT2D eigenvalue weighted by molar-refractivity contribution is 0.169. The number of rotatable bonds is 8. The third-order valence-corrected chi connectivity index (χ3v) is 4.61. The highest BCUT2D eigenvalue weighted by atomic mass is 16.5. The molecule has 0 fully saturated rings. The molecule has 0 spiro atoms. The average molecular weight is 392 g/mol. The molecule has 0 saturated carbocycles. The molecule has 29 heavy (non-hydrogen) atoms. The second-order valence-electron chi connectivity index (χ2n) is 6.57. The summed E-state index contributed by atoms with van der Waals surface area (Å²) in [7, 11) is 3.26. The van der Waals surface area contributed by atoms with E-state index in [2.05, 4.69) is 0 Å². The topological polar surface area (TPSA) is 131 Å². The highest BCUT2D eigenvalue weighted by Gasteiger charge is 2.22. The van der Waals surface area contributed by atoms with Crippen molar-refractivity contribution in [1.82, 2.24) is 0 Å². The molecule has 0 bridgehead atoms. The maximum absolute atomic E-state index is 7.57. The fraction of sp³-hybridized carbons (Fsp3) is 0.182. The van der Waals surface area contributed by atoms with Gasteiger partial charge in [-0.2, -0.15) is 0 Å². The summed E-state index contributed by atoms with van der Waals surface area (Å²) in [4.78, 5) is 0. The molecule has 150 valence electrons. The van der Waals surface area contributed by atoms with Crippen LogP contribution in [0.1, 0.15) is 22.3 Å². The summed E-state index contributed by atoms with van der Waals surface area (Å²) in [6, 6.07) is 14.6. The Bertz CT molecular complexity index is 939. The van der Waals surface area contributed by atoms with Crippen LogP contribution in [0.5, 0.6) is 0 Å². The Balaban J connectivity index is 2.14. The van der Waals surface area contributed by atoms with Gasteiger partial charge in [0.05, 0.1) is 13.2 Å². The van der Waals surface area contributed by atoms with Crippen molar-refractivity contribution in [3.05, 3.63) is 70.8 Å². The first-order chi connectivity index (χ1) is 14.0. The summed E-state index contributed by atoms with van der Waals surface area (Å²) < 4.78 is 17.1. The summed E-state index contributed by atoms with van der Waals surface area (Å²) >= 11 is 0. The number of benzene rings is 2. The molecule has 0 unspecified atom stereocenters. The lowest BCUT2D eigenvalue weighted by atomic mass is 10.0. The van der Waals surface area contributed by atoms with Crippen molar-refractivity contribution in [2.24, 2.45) is 11.5 Å². The van der Waals surface area contributed by atoms with Crippen molar-refractivity contribution in [2.45, 2.75) is 13.2 Å². The highest BCUT2D eigenvalue weighted by Crippen LogP contribution is 2.38. The quantitative estimate of drug-likeness (QED) is 0.344. The lowest BCUT2D eigenvalue weighted by Crippen LogP contribution is -2.10. The van der Waals surface area contributed by atoms with Gasteiger partial charge in [-0.05, 0) is 0 Å². The molecule has 3 aromatic rings. The number of furan rings is 1. The predicted octanol–water partition coefficient (Wildman–Crippen LogP) is 3.47. The van der Waals surface area contributed by atoms with E-state index in [1.54, 1.807) is 38.5 Å². The molecule has 0 aliphatic heterocycles. The Kier molecular flexibility index (Phi) is 6.11. The van der Waals surface area contributed by atoms with Crippen LogP contribution in [-0.4, -0.2) is 25.9 Å². The van der Waals surface area contributed by atoms with E-state index in [0.717, 1.165) is 22.3 Å². The van der Waals surface area contributed by atoms with E-state index in [1.165, 1.54) is 0 Å². The van der Waals surface area contributed by atoms with Gasteiger partial charge in [-0.1, -0.05) is 48.5 Å². The van der Waals surface area contributed by atoms with E-state index < -0.39 is 0 Å². The van der Waals surface area contributed by atoms with E-state index >= 15 is 0 Å². The van der Waals surface area contributed by atoms with E-state index in [1.807, 2.05) is 24.3 Å². The molecule has 6 N–H and O–H groups in total. The van der Waals surface area contributed by atoms with Crippen LogP contribution in [0.3, 0.4) is 0 Å². The second kappa shape index (κ2) is 8.72. The third-order valence-electron chi connectivity index (χ3n) is 4.61. The van der Waals surface area contributed by atoms with Gasteiger partial charge in [0.1, 0.15) is 23.2 Å². The number of nitrogens with two attached hydrogens (primary N) is 2.